The molecular weight excluding hydrogens is 289 g/mol. The van der Waals surface area contributed by atoms with E-state index in [4.69, 9.17) is 17.3 Å². The van der Waals surface area contributed by atoms with E-state index in [-0.39, 0.29) is 17.9 Å². The van der Waals surface area contributed by atoms with Crippen molar-refractivity contribution in [3.63, 3.8) is 0 Å². The molecule has 2 atom stereocenters. The molecule has 1 heterocycles. The van der Waals surface area contributed by atoms with Crippen molar-refractivity contribution >= 4 is 17.6 Å². The summed E-state index contributed by atoms with van der Waals surface area (Å²) < 4.78 is 14.0. The van der Waals surface area contributed by atoms with Gasteiger partial charge in [-0.05, 0) is 24.1 Å². The Bertz CT molecular complexity index is 687. The fraction of sp³-hybridized carbons (Fsp3) is 0.188. The molecule has 0 aromatic heterocycles. The fourth-order valence-corrected chi connectivity index (χ4v) is 2.88. The van der Waals surface area contributed by atoms with Crippen LogP contribution in [0.1, 0.15) is 29.6 Å². The van der Waals surface area contributed by atoms with Gasteiger partial charge in [-0.15, -0.1) is 0 Å². The Labute approximate surface area is 127 Å². The molecule has 2 unspecified atom stereocenters. The summed E-state index contributed by atoms with van der Waals surface area (Å²) in [6, 6.07) is 13.8. The number of benzene rings is 2. The minimum Gasteiger partial charge on any atom is -0.370 e. The predicted octanol–water partition coefficient (Wildman–Crippen LogP) is 3.57. The van der Waals surface area contributed by atoms with Gasteiger partial charge in [-0.2, -0.15) is 0 Å². The highest BCUT2D eigenvalue weighted by molar-refractivity contribution is 6.31. The van der Waals surface area contributed by atoms with E-state index in [2.05, 4.69) is 10.3 Å². The van der Waals surface area contributed by atoms with Crippen molar-refractivity contribution in [2.75, 3.05) is 0 Å². The summed E-state index contributed by atoms with van der Waals surface area (Å²) in [5.74, 6) is 0.0574. The summed E-state index contributed by atoms with van der Waals surface area (Å²) in [6.07, 6.45) is 0.603. The number of hydrogen-bond donors (Lipinski definition) is 2. The Morgan fingerprint density at radius 1 is 1.10 bits per heavy atom. The van der Waals surface area contributed by atoms with Gasteiger partial charge in [-0.25, -0.2) is 9.38 Å². The molecule has 1 aliphatic heterocycles. The van der Waals surface area contributed by atoms with Crippen LogP contribution in [0, 0.1) is 5.82 Å². The Balaban J connectivity index is 1.94. The van der Waals surface area contributed by atoms with E-state index < -0.39 is 0 Å². The zero-order chi connectivity index (χ0) is 14.8. The maximum absolute atomic E-state index is 14.0. The summed E-state index contributed by atoms with van der Waals surface area (Å²) in [5, 5.41) is 3.68. The number of nitrogens with zero attached hydrogens (tertiary/aromatic N) is 1. The maximum Gasteiger partial charge on any atom is 0.189 e. The topological polar surface area (TPSA) is 50.4 Å². The van der Waals surface area contributed by atoms with Crippen LogP contribution in [0.3, 0.4) is 0 Å². The number of aliphatic imine (C=N–C) groups is 1. The van der Waals surface area contributed by atoms with Crippen molar-refractivity contribution in [3.05, 3.63) is 70.5 Å². The molecule has 0 saturated carbocycles. The standard InChI is InChI=1S/C16H15ClFN3/c17-12-7-3-1-5-10(12)14-9-15(21-16(19)20-14)11-6-2-4-8-13(11)18/h1-8,14-15H,9H2,(H3,19,20,21). The molecule has 0 spiro atoms. The van der Waals surface area contributed by atoms with Gasteiger partial charge in [0.25, 0.3) is 0 Å². The van der Waals surface area contributed by atoms with E-state index >= 15 is 0 Å². The fourth-order valence-electron chi connectivity index (χ4n) is 2.62. The summed E-state index contributed by atoms with van der Waals surface area (Å²) in [4.78, 5) is 4.40. The van der Waals surface area contributed by atoms with Gasteiger partial charge in [-0.3, -0.25) is 0 Å². The monoisotopic (exact) mass is 303 g/mol. The molecule has 1 aliphatic rings. The second kappa shape index (κ2) is 5.74. The minimum absolute atomic E-state index is 0.176. The summed E-state index contributed by atoms with van der Waals surface area (Å²) in [6.45, 7) is 0. The van der Waals surface area contributed by atoms with Gasteiger partial charge in [0.05, 0.1) is 12.1 Å². The molecular formula is C16H15ClFN3. The number of halogens is 2. The van der Waals surface area contributed by atoms with Gasteiger partial charge in [0.2, 0.25) is 0 Å². The third kappa shape index (κ3) is 2.85. The first-order valence-corrected chi connectivity index (χ1v) is 7.11. The molecule has 2 aromatic rings. The van der Waals surface area contributed by atoms with Crippen LogP contribution in [-0.4, -0.2) is 5.96 Å². The first kappa shape index (κ1) is 13.9. The van der Waals surface area contributed by atoms with Gasteiger partial charge >= 0.3 is 0 Å². The van der Waals surface area contributed by atoms with Crippen molar-refractivity contribution < 1.29 is 4.39 Å². The molecule has 0 bridgehead atoms. The van der Waals surface area contributed by atoms with Crippen LogP contribution in [0.4, 0.5) is 4.39 Å². The molecule has 0 radical (unpaired) electrons. The Hall–Kier alpha value is -2.07. The third-order valence-corrected chi connectivity index (χ3v) is 3.97. The quantitative estimate of drug-likeness (QED) is 0.891. The average Bonchev–Trinajstić information content (AvgIpc) is 2.47. The normalized spacial score (nSPS) is 21.5. The van der Waals surface area contributed by atoms with E-state index in [1.807, 2.05) is 30.3 Å². The summed E-state index contributed by atoms with van der Waals surface area (Å²) >= 11 is 6.23. The van der Waals surface area contributed by atoms with E-state index in [9.17, 15) is 4.39 Å². The predicted molar refractivity (Wildman–Crippen MR) is 82.7 cm³/mol. The average molecular weight is 304 g/mol. The molecule has 0 fully saturated rings. The summed E-state index contributed by atoms with van der Waals surface area (Å²) in [5.41, 5.74) is 7.36. The van der Waals surface area contributed by atoms with Crippen molar-refractivity contribution in [2.45, 2.75) is 18.5 Å². The van der Waals surface area contributed by atoms with E-state index in [0.717, 1.165) is 5.56 Å². The second-order valence-corrected chi connectivity index (χ2v) is 5.41. The zero-order valence-electron chi connectivity index (χ0n) is 11.3. The highest BCUT2D eigenvalue weighted by Gasteiger charge is 2.27. The summed E-state index contributed by atoms with van der Waals surface area (Å²) in [7, 11) is 0. The van der Waals surface area contributed by atoms with Crippen LogP contribution in [0.25, 0.3) is 0 Å². The van der Waals surface area contributed by atoms with Crippen LogP contribution >= 0.6 is 11.6 Å². The van der Waals surface area contributed by atoms with Gasteiger partial charge in [0.1, 0.15) is 5.82 Å². The molecule has 0 saturated heterocycles. The lowest BCUT2D eigenvalue weighted by Crippen LogP contribution is -2.39. The van der Waals surface area contributed by atoms with E-state index in [1.165, 1.54) is 6.07 Å². The highest BCUT2D eigenvalue weighted by Crippen LogP contribution is 2.35. The third-order valence-electron chi connectivity index (χ3n) is 3.62. The van der Waals surface area contributed by atoms with Crippen LogP contribution < -0.4 is 11.1 Å². The smallest absolute Gasteiger partial charge is 0.189 e. The van der Waals surface area contributed by atoms with E-state index in [1.54, 1.807) is 12.1 Å². The van der Waals surface area contributed by atoms with Crippen LogP contribution in [0.2, 0.25) is 5.02 Å². The Kier molecular flexibility index (Phi) is 3.80. The Morgan fingerprint density at radius 3 is 2.48 bits per heavy atom. The number of hydrogen-bond acceptors (Lipinski definition) is 3. The van der Waals surface area contributed by atoms with Gasteiger partial charge in [-0.1, -0.05) is 48.0 Å². The number of guanidine groups is 1. The first-order valence-electron chi connectivity index (χ1n) is 6.74. The second-order valence-electron chi connectivity index (χ2n) is 5.01. The first-order chi connectivity index (χ1) is 10.1. The highest BCUT2D eigenvalue weighted by atomic mass is 35.5. The maximum atomic E-state index is 14.0. The lowest BCUT2D eigenvalue weighted by atomic mass is 9.93. The van der Waals surface area contributed by atoms with Gasteiger partial charge in [0.15, 0.2) is 5.96 Å². The zero-order valence-corrected chi connectivity index (χ0v) is 12.0. The molecule has 0 aliphatic carbocycles. The van der Waals surface area contributed by atoms with Crippen LogP contribution in [-0.2, 0) is 0 Å². The molecule has 2 aromatic carbocycles. The lowest BCUT2D eigenvalue weighted by Gasteiger charge is -2.29. The Morgan fingerprint density at radius 2 is 1.76 bits per heavy atom. The van der Waals surface area contributed by atoms with Crippen LogP contribution in [0.5, 0.6) is 0 Å². The molecule has 3 rings (SSSR count). The van der Waals surface area contributed by atoms with Gasteiger partial charge in [0, 0.05) is 10.6 Å². The molecule has 3 N–H and O–H groups in total. The molecule has 0 amide bonds. The van der Waals surface area contributed by atoms with Crippen LogP contribution in [0.15, 0.2) is 53.5 Å². The van der Waals surface area contributed by atoms with Crippen molar-refractivity contribution in [2.24, 2.45) is 10.7 Å². The SMILES string of the molecule is NC1=NC(c2ccccc2Cl)CC(c2ccccc2F)N1. The molecule has 21 heavy (non-hydrogen) atoms. The van der Waals surface area contributed by atoms with Crippen molar-refractivity contribution in [3.8, 4) is 0 Å². The number of nitrogens with two attached hydrogens (primary N) is 1. The van der Waals surface area contributed by atoms with Crippen molar-refractivity contribution in [1.29, 1.82) is 0 Å². The van der Waals surface area contributed by atoms with Crippen molar-refractivity contribution in [1.82, 2.24) is 5.32 Å². The van der Waals surface area contributed by atoms with Gasteiger partial charge < -0.3 is 11.1 Å². The number of rotatable bonds is 2. The number of nitrogens with one attached hydrogen (secondary N) is 1. The molecule has 108 valence electrons. The molecule has 3 nitrogen and oxygen atoms in total. The molecule has 5 heteroatoms. The largest absolute Gasteiger partial charge is 0.370 e. The minimum atomic E-state index is -0.248. The van der Waals surface area contributed by atoms with E-state index in [0.29, 0.717) is 23.0 Å². The lowest BCUT2D eigenvalue weighted by molar-refractivity contribution is 0.466.